The summed E-state index contributed by atoms with van der Waals surface area (Å²) < 4.78 is 0. The second-order valence-electron chi connectivity index (χ2n) is 6.23. The fourth-order valence-electron chi connectivity index (χ4n) is 3.36. The number of anilines is 1. The second-order valence-corrected chi connectivity index (χ2v) is 7.12. The Labute approximate surface area is 133 Å². The minimum Gasteiger partial charge on any atom is -0.354 e. The number of thiophene rings is 1. The lowest BCUT2D eigenvalue weighted by molar-refractivity contribution is -0.122. The lowest BCUT2D eigenvalue weighted by Gasteiger charge is -2.28. The van der Waals surface area contributed by atoms with Crippen molar-refractivity contribution in [2.24, 2.45) is 5.92 Å². The highest BCUT2D eigenvalue weighted by atomic mass is 32.1. The Bertz CT molecular complexity index is 682. The molecule has 1 atom stereocenters. The van der Waals surface area contributed by atoms with Crippen LogP contribution in [0.25, 0.3) is 10.2 Å². The molecule has 0 aromatic carbocycles. The molecule has 0 spiro atoms. The highest BCUT2D eigenvalue weighted by molar-refractivity contribution is 7.16. The summed E-state index contributed by atoms with van der Waals surface area (Å²) in [4.78, 5) is 24.5. The number of aromatic nitrogens is 2. The smallest absolute Gasteiger partial charge is 0.242 e. The Balaban J connectivity index is 1.52. The number of amides is 1. The van der Waals surface area contributed by atoms with Gasteiger partial charge in [0.1, 0.15) is 23.0 Å². The van der Waals surface area contributed by atoms with Crippen LogP contribution in [-0.2, 0) is 4.79 Å². The van der Waals surface area contributed by atoms with Gasteiger partial charge in [-0.05, 0) is 43.0 Å². The maximum atomic E-state index is 12.6. The van der Waals surface area contributed by atoms with Crippen LogP contribution in [0.3, 0.4) is 0 Å². The zero-order valence-corrected chi connectivity index (χ0v) is 13.3. The Morgan fingerprint density at radius 2 is 2.23 bits per heavy atom. The van der Waals surface area contributed by atoms with Gasteiger partial charge in [0.05, 0.1) is 5.39 Å². The minimum absolute atomic E-state index is 0.0851. The van der Waals surface area contributed by atoms with Gasteiger partial charge in [-0.3, -0.25) is 4.79 Å². The number of fused-ring (bicyclic) bond motifs is 1. The SMILES string of the molecule is O=C(NCC1CCC1)[C@@H]1CCCN1c1ncnc2sccc12. The number of nitrogens with one attached hydrogen (secondary N) is 1. The summed E-state index contributed by atoms with van der Waals surface area (Å²) >= 11 is 1.62. The maximum Gasteiger partial charge on any atom is 0.242 e. The standard InChI is InChI=1S/C16H20N4OS/c21-15(17-9-11-3-1-4-11)13-5-2-7-20(13)14-12-6-8-22-16(12)19-10-18-14/h6,8,10-11,13H,1-5,7,9H2,(H,17,21)/t13-/m0/s1. The van der Waals surface area contributed by atoms with E-state index in [1.54, 1.807) is 17.7 Å². The summed E-state index contributed by atoms with van der Waals surface area (Å²) in [5.74, 6) is 1.76. The Kier molecular flexibility index (Phi) is 3.70. The average molecular weight is 316 g/mol. The first-order valence-electron chi connectivity index (χ1n) is 8.05. The Morgan fingerprint density at radius 3 is 3.05 bits per heavy atom. The summed E-state index contributed by atoms with van der Waals surface area (Å²) in [6.07, 6.45) is 7.39. The minimum atomic E-state index is -0.0851. The van der Waals surface area contributed by atoms with E-state index >= 15 is 0 Å². The molecular weight excluding hydrogens is 296 g/mol. The van der Waals surface area contributed by atoms with Crippen LogP contribution in [0.15, 0.2) is 17.8 Å². The first kappa shape index (κ1) is 13.9. The molecule has 2 aliphatic rings. The van der Waals surface area contributed by atoms with Crippen molar-refractivity contribution in [2.75, 3.05) is 18.0 Å². The van der Waals surface area contributed by atoms with E-state index in [0.29, 0.717) is 5.92 Å². The molecule has 2 aromatic heterocycles. The van der Waals surface area contributed by atoms with Gasteiger partial charge in [-0.25, -0.2) is 9.97 Å². The third-order valence-electron chi connectivity index (χ3n) is 4.86. The van der Waals surface area contributed by atoms with Crippen LogP contribution in [-0.4, -0.2) is 35.0 Å². The summed E-state index contributed by atoms with van der Waals surface area (Å²) in [5.41, 5.74) is 0. The molecule has 4 rings (SSSR count). The average Bonchev–Trinajstić information content (AvgIpc) is 3.14. The summed E-state index contributed by atoms with van der Waals surface area (Å²) in [5, 5.41) is 6.24. The summed E-state index contributed by atoms with van der Waals surface area (Å²) in [6.45, 7) is 1.73. The van der Waals surface area contributed by atoms with E-state index < -0.39 is 0 Å². The van der Waals surface area contributed by atoms with Crippen molar-refractivity contribution in [1.29, 1.82) is 0 Å². The Morgan fingerprint density at radius 1 is 1.32 bits per heavy atom. The van der Waals surface area contributed by atoms with Crippen LogP contribution in [0.2, 0.25) is 0 Å². The molecule has 116 valence electrons. The molecule has 6 heteroatoms. The topological polar surface area (TPSA) is 58.1 Å². The fraction of sp³-hybridized carbons (Fsp3) is 0.562. The second kappa shape index (κ2) is 5.83. The molecule has 3 heterocycles. The van der Waals surface area contributed by atoms with Crippen molar-refractivity contribution < 1.29 is 4.79 Å². The zero-order chi connectivity index (χ0) is 14.9. The van der Waals surface area contributed by atoms with Gasteiger partial charge in [-0.2, -0.15) is 0 Å². The van der Waals surface area contributed by atoms with Crippen molar-refractivity contribution in [1.82, 2.24) is 15.3 Å². The molecule has 1 saturated heterocycles. The van der Waals surface area contributed by atoms with Gasteiger partial charge in [0.2, 0.25) is 5.91 Å². The number of carbonyl (C=O) groups is 1. The number of rotatable bonds is 4. The molecule has 2 aromatic rings. The molecule has 1 amide bonds. The van der Waals surface area contributed by atoms with Crippen LogP contribution in [0.4, 0.5) is 5.82 Å². The summed E-state index contributed by atoms with van der Waals surface area (Å²) in [6, 6.07) is 1.97. The molecule has 2 fully saturated rings. The van der Waals surface area contributed by atoms with Crippen molar-refractivity contribution >= 4 is 33.3 Å². The van der Waals surface area contributed by atoms with E-state index in [-0.39, 0.29) is 11.9 Å². The number of nitrogens with zero attached hydrogens (tertiary/aromatic N) is 3. The molecule has 22 heavy (non-hydrogen) atoms. The maximum absolute atomic E-state index is 12.6. The van der Waals surface area contributed by atoms with Crippen LogP contribution >= 0.6 is 11.3 Å². The highest BCUT2D eigenvalue weighted by Crippen LogP contribution is 2.32. The highest BCUT2D eigenvalue weighted by Gasteiger charge is 2.33. The number of carbonyl (C=O) groups excluding carboxylic acids is 1. The molecule has 1 aliphatic carbocycles. The van der Waals surface area contributed by atoms with E-state index in [4.69, 9.17) is 0 Å². The van der Waals surface area contributed by atoms with E-state index in [1.165, 1.54) is 19.3 Å². The van der Waals surface area contributed by atoms with Crippen LogP contribution in [0, 0.1) is 5.92 Å². The molecule has 1 saturated carbocycles. The third kappa shape index (κ3) is 2.45. The monoisotopic (exact) mass is 316 g/mol. The van der Waals surface area contributed by atoms with Gasteiger partial charge in [0.25, 0.3) is 0 Å². The first-order chi connectivity index (χ1) is 10.8. The number of hydrogen-bond acceptors (Lipinski definition) is 5. The van der Waals surface area contributed by atoms with Crippen molar-refractivity contribution in [3.8, 4) is 0 Å². The normalized spacial score (nSPS) is 22.0. The zero-order valence-electron chi connectivity index (χ0n) is 12.5. The molecule has 5 nitrogen and oxygen atoms in total. The molecule has 0 bridgehead atoms. The van der Waals surface area contributed by atoms with Gasteiger partial charge in [0, 0.05) is 13.1 Å². The third-order valence-corrected chi connectivity index (χ3v) is 5.68. The van der Waals surface area contributed by atoms with Crippen LogP contribution in [0.1, 0.15) is 32.1 Å². The van der Waals surface area contributed by atoms with Crippen LogP contribution < -0.4 is 10.2 Å². The molecular formula is C16H20N4OS. The fourth-order valence-corrected chi connectivity index (χ4v) is 4.09. The van der Waals surface area contributed by atoms with Gasteiger partial charge >= 0.3 is 0 Å². The van der Waals surface area contributed by atoms with E-state index in [9.17, 15) is 4.79 Å². The van der Waals surface area contributed by atoms with E-state index in [2.05, 4.69) is 26.3 Å². The first-order valence-corrected chi connectivity index (χ1v) is 8.93. The quantitative estimate of drug-likeness (QED) is 0.942. The van der Waals surface area contributed by atoms with Crippen molar-refractivity contribution in [3.05, 3.63) is 17.8 Å². The number of hydrogen-bond donors (Lipinski definition) is 1. The van der Waals surface area contributed by atoms with E-state index in [0.717, 1.165) is 42.0 Å². The van der Waals surface area contributed by atoms with Crippen molar-refractivity contribution in [2.45, 2.75) is 38.1 Å². The van der Waals surface area contributed by atoms with Crippen molar-refractivity contribution in [3.63, 3.8) is 0 Å². The molecule has 1 N–H and O–H groups in total. The van der Waals surface area contributed by atoms with Crippen LogP contribution in [0.5, 0.6) is 0 Å². The van der Waals surface area contributed by atoms with Gasteiger partial charge in [0.15, 0.2) is 0 Å². The molecule has 1 aliphatic heterocycles. The predicted octanol–water partition coefficient (Wildman–Crippen LogP) is 2.58. The lowest BCUT2D eigenvalue weighted by atomic mass is 9.85. The van der Waals surface area contributed by atoms with Gasteiger partial charge in [-0.15, -0.1) is 11.3 Å². The van der Waals surface area contributed by atoms with Gasteiger partial charge in [-0.1, -0.05) is 6.42 Å². The Hall–Kier alpha value is -1.69. The lowest BCUT2D eigenvalue weighted by Crippen LogP contribution is -2.45. The van der Waals surface area contributed by atoms with Gasteiger partial charge < -0.3 is 10.2 Å². The van der Waals surface area contributed by atoms with E-state index in [1.807, 2.05) is 5.38 Å². The molecule has 0 radical (unpaired) electrons. The molecule has 0 unspecified atom stereocenters. The summed E-state index contributed by atoms with van der Waals surface area (Å²) in [7, 11) is 0. The largest absolute Gasteiger partial charge is 0.354 e. The predicted molar refractivity (Wildman–Crippen MR) is 88.1 cm³/mol.